The number of fused-ring (bicyclic) bond motifs is 1. The van der Waals surface area contributed by atoms with Crippen LogP contribution in [0.3, 0.4) is 0 Å². The van der Waals surface area contributed by atoms with Crippen LogP contribution in [0.15, 0.2) is 30.5 Å². The number of pyridine rings is 1. The smallest absolute Gasteiger partial charge is 0.311 e. The fraction of sp³-hybridized carbons (Fsp3) is 0.353. The van der Waals surface area contributed by atoms with Crippen LogP contribution in [-0.2, 0) is 9.59 Å². The molecule has 7 heteroatoms. The van der Waals surface area contributed by atoms with Crippen LogP contribution < -0.4 is 4.74 Å². The van der Waals surface area contributed by atoms with Gasteiger partial charge in [-0.15, -0.1) is 0 Å². The molecule has 0 spiro atoms. The lowest BCUT2D eigenvalue weighted by Crippen LogP contribution is -2.08. The molecule has 0 saturated carbocycles. The molecule has 0 N–H and O–H groups in total. The first-order chi connectivity index (χ1) is 11.5. The molecule has 0 aliphatic heterocycles. The van der Waals surface area contributed by atoms with E-state index in [1.807, 2.05) is 6.92 Å². The fourth-order valence-electron chi connectivity index (χ4n) is 2.32. The number of hydrogen-bond donors (Lipinski definition) is 0. The standard InChI is InChI=1S/C17H18N2O5/c1-2-12(20)6-3-4-8-16(21)24-15-10-9-14(19(22)23)13-7-5-11-18-17(13)15/h5,7,9-11H,2-4,6,8H2,1H3. The van der Waals surface area contributed by atoms with Crippen LogP contribution in [0, 0.1) is 10.1 Å². The van der Waals surface area contributed by atoms with Crippen molar-refractivity contribution in [2.45, 2.75) is 39.0 Å². The van der Waals surface area contributed by atoms with Crippen molar-refractivity contribution in [1.29, 1.82) is 0 Å². The third-order valence-electron chi connectivity index (χ3n) is 3.61. The number of Topliss-reactive ketones (excluding diaryl/α,β-unsaturated/α-hetero) is 1. The molecule has 0 aliphatic rings. The van der Waals surface area contributed by atoms with Gasteiger partial charge in [0.05, 0.1) is 10.3 Å². The molecule has 0 bridgehead atoms. The number of ketones is 1. The van der Waals surface area contributed by atoms with Gasteiger partial charge >= 0.3 is 5.97 Å². The van der Waals surface area contributed by atoms with Crippen molar-refractivity contribution in [1.82, 2.24) is 4.98 Å². The maximum Gasteiger partial charge on any atom is 0.311 e. The number of hydrogen-bond acceptors (Lipinski definition) is 6. The Bertz CT molecular complexity index is 773. The summed E-state index contributed by atoms with van der Waals surface area (Å²) in [6.07, 6.45) is 3.84. The van der Waals surface area contributed by atoms with E-state index in [4.69, 9.17) is 4.74 Å². The summed E-state index contributed by atoms with van der Waals surface area (Å²) in [5.41, 5.74) is 0.192. The summed E-state index contributed by atoms with van der Waals surface area (Å²) in [5, 5.41) is 11.4. The molecule has 2 rings (SSSR count). The minimum Gasteiger partial charge on any atom is -0.424 e. The zero-order valence-corrected chi connectivity index (χ0v) is 13.4. The summed E-state index contributed by atoms with van der Waals surface area (Å²) in [5.74, 6) is -0.0699. The number of aromatic nitrogens is 1. The predicted molar refractivity (Wildman–Crippen MR) is 87.8 cm³/mol. The number of rotatable bonds is 8. The van der Waals surface area contributed by atoms with E-state index in [1.165, 1.54) is 18.3 Å². The molecule has 0 atom stereocenters. The molecule has 1 aromatic carbocycles. The molecular formula is C17H18N2O5. The van der Waals surface area contributed by atoms with E-state index in [1.54, 1.807) is 12.1 Å². The van der Waals surface area contributed by atoms with Gasteiger partial charge in [0.15, 0.2) is 5.75 Å². The summed E-state index contributed by atoms with van der Waals surface area (Å²) in [7, 11) is 0. The van der Waals surface area contributed by atoms with Gasteiger partial charge in [0.1, 0.15) is 11.3 Å². The molecule has 0 radical (unpaired) electrons. The number of carbonyl (C=O) groups excluding carboxylic acids is 2. The van der Waals surface area contributed by atoms with Gasteiger partial charge in [-0.3, -0.25) is 24.7 Å². The van der Waals surface area contributed by atoms with E-state index in [-0.39, 0.29) is 29.2 Å². The number of nitrogens with zero attached hydrogens (tertiary/aromatic N) is 2. The van der Waals surface area contributed by atoms with Crippen molar-refractivity contribution in [2.24, 2.45) is 0 Å². The minimum absolute atomic E-state index is 0.0871. The monoisotopic (exact) mass is 330 g/mol. The second kappa shape index (κ2) is 8.14. The number of non-ortho nitro benzene ring substituents is 1. The van der Waals surface area contributed by atoms with Gasteiger partial charge in [-0.05, 0) is 31.0 Å². The Morgan fingerprint density at radius 3 is 2.67 bits per heavy atom. The van der Waals surface area contributed by atoms with Crippen LogP contribution in [0.25, 0.3) is 10.9 Å². The fourth-order valence-corrected chi connectivity index (χ4v) is 2.32. The number of ether oxygens (including phenoxy) is 1. The van der Waals surface area contributed by atoms with Gasteiger partial charge in [0, 0.05) is 31.5 Å². The first-order valence-electron chi connectivity index (χ1n) is 7.77. The van der Waals surface area contributed by atoms with E-state index in [9.17, 15) is 19.7 Å². The maximum absolute atomic E-state index is 11.9. The first kappa shape index (κ1) is 17.5. The summed E-state index contributed by atoms with van der Waals surface area (Å²) in [6.45, 7) is 1.81. The van der Waals surface area contributed by atoms with E-state index in [2.05, 4.69) is 4.98 Å². The topological polar surface area (TPSA) is 99.4 Å². The second-order valence-electron chi connectivity index (χ2n) is 5.31. The van der Waals surface area contributed by atoms with Crippen molar-refractivity contribution in [3.63, 3.8) is 0 Å². The Kier molecular flexibility index (Phi) is 5.95. The highest BCUT2D eigenvalue weighted by molar-refractivity contribution is 5.93. The van der Waals surface area contributed by atoms with Gasteiger partial charge in [0.2, 0.25) is 0 Å². The lowest BCUT2D eigenvalue weighted by molar-refractivity contribution is -0.383. The van der Waals surface area contributed by atoms with E-state index in [0.29, 0.717) is 31.1 Å². The largest absolute Gasteiger partial charge is 0.424 e. The average molecular weight is 330 g/mol. The highest BCUT2D eigenvalue weighted by atomic mass is 16.6. The molecule has 7 nitrogen and oxygen atoms in total. The van der Waals surface area contributed by atoms with Crippen LogP contribution in [0.2, 0.25) is 0 Å². The lowest BCUT2D eigenvalue weighted by atomic mass is 10.1. The molecule has 0 fully saturated rings. The molecule has 1 aromatic heterocycles. The molecule has 126 valence electrons. The van der Waals surface area contributed by atoms with Crippen molar-refractivity contribution in [3.05, 3.63) is 40.6 Å². The third-order valence-corrected chi connectivity index (χ3v) is 3.61. The Hall–Kier alpha value is -2.83. The summed E-state index contributed by atoms with van der Waals surface area (Å²) >= 11 is 0. The van der Waals surface area contributed by atoms with Gasteiger partial charge in [-0.25, -0.2) is 0 Å². The summed E-state index contributed by atoms with van der Waals surface area (Å²) in [6, 6.07) is 5.83. The molecule has 0 unspecified atom stereocenters. The summed E-state index contributed by atoms with van der Waals surface area (Å²) in [4.78, 5) is 37.7. The molecule has 1 heterocycles. The van der Waals surface area contributed by atoms with E-state index >= 15 is 0 Å². The Morgan fingerprint density at radius 2 is 1.96 bits per heavy atom. The highest BCUT2D eigenvalue weighted by Gasteiger charge is 2.17. The normalized spacial score (nSPS) is 10.5. The Morgan fingerprint density at radius 1 is 1.21 bits per heavy atom. The van der Waals surface area contributed by atoms with Crippen LogP contribution in [0.4, 0.5) is 5.69 Å². The SMILES string of the molecule is CCC(=O)CCCCC(=O)Oc1ccc([N+](=O)[O-])c2cccnc12. The Labute approximate surface area is 138 Å². The van der Waals surface area contributed by atoms with Crippen LogP contribution >= 0.6 is 0 Å². The van der Waals surface area contributed by atoms with Gasteiger partial charge in [-0.2, -0.15) is 0 Å². The van der Waals surface area contributed by atoms with Crippen molar-refractivity contribution in [2.75, 3.05) is 0 Å². The van der Waals surface area contributed by atoms with E-state index < -0.39 is 10.9 Å². The van der Waals surface area contributed by atoms with Crippen LogP contribution in [-0.4, -0.2) is 21.7 Å². The first-order valence-corrected chi connectivity index (χ1v) is 7.77. The van der Waals surface area contributed by atoms with Crippen molar-refractivity contribution < 1.29 is 19.2 Å². The van der Waals surface area contributed by atoms with Crippen molar-refractivity contribution >= 4 is 28.3 Å². The number of benzene rings is 1. The van der Waals surface area contributed by atoms with Gasteiger partial charge < -0.3 is 4.74 Å². The minimum atomic E-state index is -0.500. The van der Waals surface area contributed by atoms with Crippen LogP contribution in [0.1, 0.15) is 39.0 Å². The molecular weight excluding hydrogens is 312 g/mol. The van der Waals surface area contributed by atoms with E-state index in [0.717, 1.165) is 0 Å². The number of nitro groups is 1. The van der Waals surface area contributed by atoms with Gasteiger partial charge in [0.25, 0.3) is 5.69 Å². The maximum atomic E-state index is 11.9. The molecule has 0 amide bonds. The second-order valence-corrected chi connectivity index (χ2v) is 5.31. The lowest BCUT2D eigenvalue weighted by Gasteiger charge is -2.07. The van der Waals surface area contributed by atoms with Gasteiger partial charge in [-0.1, -0.05) is 6.92 Å². The number of unbranched alkanes of at least 4 members (excludes halogenated alkanes) is 1. The van der Waals surface area contributed by atoms with Crippen molar-refractivity contribution in [3.8, 4) is 5.75 Å². The molecule has 0 aliphatic carbocycles. The number of carbonyl (C=O) groups is 2. The number of nitro benzene ring substituents is 1. The third kappa shape index (κ3) is 4.34. The predicted octanol–water partition coefficient (Wildman–Crippen LogP) is 3.59. The molecule has 2 aromatic rings. The quantitative estimate of drug-likeness (QED) is 0.241. The zero-order valence-electron chi connectivity index (χ0n) is 13.4. The molecule has 0 saturated heterocycles. The average Bonchev–Trinajstić information content (AvgIpc) is 2.58. The molecule has 24 heavy (non-hydrogen) atoms. The Balaban J connectivity index is 2.05. The van der Waals surface area contributed by atoms with Crippen LogP contribution in [0.5, 0.6) is 5.75 Å². The zero-order chi connectivity index (χ0) is 17.5. The number of esters is 1. The summed E-state index contributed by atoms with van der Waals surface area (Å²) < 4.78 is 5.29. The highest BCUT2D eigenvalue weighted by Crippen LogP contribution is 2.31.